The molecule has 0 amide bonds. The molecule has 3 aliphatic heterocycles. The van der Waals surface area contributed by atoms with Crippen LogP contribution in [-0.2, 0) is 24.4 Å². The molecular formula is C23H27F3N2O7S. The minimum absolute atomic E-state index is 0.0756. The summed E-state index contributed by atoms with van der Waals surface area (Å²) in [6, 6.07) is 3.43. The molecule has 1 unspecified atom stereocenters. The topological polar surface area (TPSA) is 111 Å². The van der Waals surface area contributed by atoms with Crippen LogP contribution in [0.2, 0.25) is 0 Å². The summed E-state index contributed by atoms with van der Waals surface area (Å²) in [6.45, 7) is 3.13. The number of carbonyl (C=O) groups is 2. The van der Waals surface area contributed by atoms with E-state index in [0.717, 1.165) is 12.5 Å². The first-order chi connectivity index (χ1) is 16.9. The zero-order valence-corrected chi connectivity index (χ0v) is 20.7. The lowest BCUT2D eigenvalue weighted by atomic mass is 9.72. The quantitative estimate of drug-likeness (QED) is 0.194. The maximum atomic E-state index is 13.8. The number of nitrogens with zero attached hydrogens (tertiary/aromatic N) is 1. The van der Waals surface area contributed by atoms with Crippen molar-refractivity contribution >= 4 is 27.6 Å². The summed E-state index contributed by atoms with van der Waals surface area (Å²) in [6.07, 6.45) is 2.84. The highest BCUT2D eigenvalue weighted by molar-refractivity contribution is 7.88. The molecule has 36 heavy (non-hydrogen) atoms. The minimum Gasteiger partial charge on any atom is -0.504 e. The fourth-order valence-electron chi connectivity index (χ4n) is 5.75. The average Bonchev–Trinajstić information content (AvgIpc) is 3.33. The Morgan fingerprint density at radius 3 is 2.64 bits per heavy atom. The molecule has 0 aromatic heterocycles. The Morgan fingerprint density at radius 1 is 1.31 bits per heavy atom. The number of alkyl halides is 3. The standard InChI is InChI=1S/C23H27F3N2O7S/c1-4-13-11-28-9-8-22(18(28)10-14(13)15(12-33-2)21(30)34-3)20(29)19-16(27-22)6-5-7-17(19)35-36(31,32)23(24,25)26/h5-7,12-14,18,27H,4,8-11H2,1-3H3/t13-,14+,18?,22+/m1/s1. The molecule has 3 aliphatic rings. The van der Waals surface area contributed by atoms with Gasteiger partial charge in [0.15, 0.2) is 11.5 Å². The molecule has 1 aromatic rings. The van der Waals surface area contributed by atoms with Gasteiger partial charge in [0, 0.05) is 24.8 Å². The number of nitrogens with one attached hydrogen (secondary N) is 1. The molecule has 2 saturated heterocycles. The normalized spacial score (nSPS) is 28.4. The lowest BCUT2D eigenvalue weighted by Crippen LogP contribution is -2.57. The number of esters is 1. The number of hydrogen-bond acceptors (Lipinski definition) is 9. The zero-order valence-electron chi connectivity index (χ0n) is 19.9. The predicted molar refractivity (Wildman–Crippen MR) is 122 cm³/mol. The first kappa shape index (κ1) is 26.3. The second-order valence-electron chi connectivity index (χ2n) is 9.16. The number of halogens is 3. The molecule has 2 fully saturated rings. The Hall–Kier alpha value is -2.80. The van der Waals surface area contributed by atoms with Crippen LogP contribution in [0.5, 0.6) is 5.75 Å². The van der Waals surface area contributed by atoms with Gasteiger partial charge < -0.3 is 19.0 Å². The van der Waals surface area contributed by atoms with Gasteiger partial charge >= 0.3 is 21.6 Å². The van der Waals surface area contributed by atoms with Gasteiger partial charge in [0.05, 0.1) is 31.6 Å². The van der Waals surface area contributed by atoms with Gasteiger partial charge in [-0.1, -0.05) is 19.4 Å². The largest absolute Gasteiger partial charge is 0.534 e. The smallest absolute Gasteiger partial charge is 0.504 e. The highest BCUT2D eigenvalue weighted by Crippen LogP contribution is 2.50. The van der Waals surface area contributed by atoms with Crippen molar-refractivity contribution in [1.29, 1.82) is 0 Å². The van der Waals surface area contributed by atoms with Crippen molar-refractivity contribution < 1.29 is 44.8 Å². The maximum Gasteiger partial charge on any atom is 0.534 e. The number of carbonyl (C=O) groups excluding carboxylic acids is 2. The van der Waals surface area contributed by atoms with Crippen LogP contribution < -0.4 is 9.50 Å². The zero-order chi connectivity index (χ0) is 26.5. The van der Waals surface area contributed by atoms with Crippen molar-refractivity contribution in [3.05, 3.63) is 35.6 Å². The number of fused-ring (bicyclic) bond motifs is 3. The van der Waals surface area contributed by atoms with E-state index in [4.69, 9.17) is 9.47 Å². The average molecular weight is 533 g/mol. The van der Waals surface area contributed by atoms with Crippen molar-refractivity contribution in [2.24, 2.45) is 11.8 Å². The van der Waals surface area contributed by atoms with E-state index in [9.17, 15) is 31.2 Å². The van der Waals surface area contributed by atoms with Crippen molar-refractivity contribution in [2.45, 2.75) is 43.3 Å². The number of anilines is 1. The van der Waals surface area contributed by atoms with Crippen molar-refractivity contribution in [3.63, 3.8) is 0 Å². The van der Waals surface area contributed by atoms with Gasteiger partial charge in [0.25, 0.3) is 0 Å². The molecular weight excluding hydrogens is 505 g/mol. The summed E-state index contributed by atoms with van der Waals surface area (Å²) in [4.78, 5) is 28.5. The first-order valence-corrected chi connectivity index (χ1v) is 12.8. The van der Waals surface area contributed by atoms with Gasteiger partial charge in [-0.05, 0) is 36.8 Å². The Balaban J connectivity index is 1.71. The third-order valence-electron chi connectivity index (χ3n) is 7.41. The van der Waals surface area contributed by atoms with E-state index in [1.165, 1.54) is 32.6 Å². The monoisotopic (exact) mass is 532 g/mol. The SMILES string of the molecule is CC[C@@H]1CN2CC[C@]3(Nc4cccc(OS(=O)(=O)C(F)(F)F)c4C3=O)C2C[C@@H]1C(=COC)C(=O)OC. The van der Waals surface area contributed by atoms with Crippen molar-refractivity contribution in [1.82, 2.24) is 4.90 Å². The molecule has 1 aromatic carbocycles. The van der Waals surface area contributed by atoms with Gasteiger partial charge in [0.2, 0.25) is 0 Å². The predicted octanol–water partition coefficient (Wildman–Crippen LogP) is 3.09. The molecule has 4 atom stereocenters. The molecule has 3 heterocycles. The van der Waals surface area contributed by atoms with Gasteiger partial charge in [-0.3, -0.25) is 9.69 Å². The van der Waals surface area contributed by atoms with E-state index in [1.807, 2.05) is 6.92 Å². The number of methoxy groups -OCH3 is 2. The number of piperidine rings is 1. The summed E-state index contributed by atoms with van der Waals surface area (Å²) in [5.41, 5.74) is -6.55. The number of ketones is 1. The molecule has 0 bridgehead atoms. The van der Waals surface area contributed by atoms with Crippen LogP contribution in [0.15, 0.2) is 30.0 Å². The second-order valence-corrected chi connectivity index (χ2v) is 10.7. The Labute approximate surface area is 206 Å². The maximum absolute atomic E-state index is 13.8. The van der Waals surface area contributed by atoms with Crippen LogP contribution >= 0.6 is 0 Å². The molecule has 1 N–H and O–H groups in total. The van der Waals surface area contributed by atoms with E-state index < -0.39 is 44.7 Å². The fraction of sp³-hybridized carbons (Fsp3) is 0.565. The molecule has 13 heteroatoms. The number of rotatable bonds is 6. The molecule has 0 saturated carbocycles. The fourth-order valence-corrected chi connectivity index (χ4v) is 6.22. The van der Waals surface area contributed by atoms with E-state index in [0.29, 0.717) is 31.5 Å². The third-order valence-corrected chi connectivity index (χ3v) is 8.37. The van der Waals surface area contributed by atoms with E-state index in [2.05, 4.69) is 14.4 Å². The number of hydrogen-bond donors (Lipinski definition) is 1. The molecule has 0 aliphatic carbocycles. The van der Waals surface area contributed by atoms with Crippen molar-refractivity contribution in [2.75, 3.05) is 32.6 Å². The Kier molecular flexibility index (Phi) is 6.75. The Morgan fingerprint density at radius 2 is 2.03 bits per heavy atom. The molecule has 198 valence electrons. The highest BCUT2D eigenvalue weighted by Gasteiger charge is 2.60. The summed E-state index contributed by atoms with van der Waals surface area (Å²) in [5, 5.41) is 3.18. The van der Waals surface area contributed by atoms with Gasteiger partial charge in [0.1, 0.15) is 5.54 Å². The van der Waals surface area contributed by atoms with Crippen LogP contribution in [0.4, 0.5) is 18.9 Å². The first-order valence-electron chi connectivity index (χ1n) is 11.4. The summed E-state index contributed by atoms with van der Waals surface area (Å²) in [7, 11) is -3.27. The van der Waals surface area contributed by atoms with Crippen LogP contribution in [0, 0.1) is 11.8 Å². The van der Waals surface area contributed by atoms with E-state index in [-0.39, 0.29) is 23.1 Å². The lowest BCUT2D eigenvalue weighted by Gasteiger charge is -2.45. The van der Waals surface area contributed by atoms with Crippen LogP contribution in [0.1, 0.15) is 36.5 Å². The highest BCUT2D eigenvalue weighted by atomic mass is 32.2. The minimum atomic E-state index is -5.97. The number of benzene rings is 1. The van der Waals surface area contributed by atoms with Gasteiger partial charge in [-0.2, -0.15) is 21.6 Å². The molecule has 4 rings (SSSR count). The van der Waals surface area contributed by atoms with Gasteiger partial charge in [-0.15, -0.1) is 0 Å². The third kappa shape index (κ3) is 4.11. The van der Waals surface area contributed by atoms with E-state index >= 15 is 0 Å². The molecule has 9 nitrogen and oxygen atoms in total. The number of ether oxygens (including phenoxy) is 2. The molecule has 0 radical (unpaired) electrons. The summed E-state index contributed by atoms with van der Waals surface area (Å²) >= 11 is 0. The molecule has 1 spiro atoms. The van der Waals surface area contributed by atoms with Crippen LogP contribution in [-0.4, -0.2) is 69.5 Å². The Bertz CT molecular complexity index is 1200. The van der Waals surface area contributed by atoms with Crippen molar-refractivity contribution in [3.8, 4) is 5.75 Å². The summed E-state index contributed by atoms with van der Waals surface area (Å²) in [5.74, 6) is -1.97. The summed E-state index contributed by atoms with van der Waals surface area (Å²) < 4.78 is 76.7. The van der Waals surface area contributed by atoms with E-state index in [1.54, 1.807) is 0 Å². The second kappa shape index (κ2) is 9.25. The van der Waals surface area contributed by atoms with Gasteiger partial charge in [-0.25, -0.2) is 4.79 Å². The van der Waals surface area contributed by atoms with Crippen LogP contribution in [0.25, 0.3) is 0 Å². The van der Waals surface area contributed by atoms with Crippen LogP contribution in [0.3, 0.4) is 0 Å². The lowest BCUT2D eigenvalue weighted by molar-refractivity contribution is -0.137. The number of Topliss-reactive ketones (excluding diaryl/α,β-unsaturated/α-hetero) is 1.